The van der Waals surface area contributed by atoms with E-state index in [9.17, 15) is 4.79 Å². The molecule has 0 aliphatic carbocycles. The van der Waals surface area contributed by atoms with E-state index in [-0.39, 0.29) is 5.91 Å². The first kappa shape index (κ1) is 15.1. The second kappa shape index (κ2) is 8.13. The summed E-state index contributed by atoms with van der Waals surface area (Å²) in [5, 5.41) is 11.6. The molecule has 1 N–H and O–H groups in total. The molecule has 3 nitrogen and oxygen atoms in total. The van der Waals surface area contributed by atoms with Crippen molar-refractivity contribution < 1.29 is 4.79 Å². The van der Waals surface area contributed by atoms with E-state index in [0.29, 0.717) is 17.9 Å². The van der Waals surface area contributed by atoms with Crippen molar-refractivity contribution in [3.63, 3.8) is 0 Å². The topological polar surface area (TPSA) is 52.9 Å². The largest absolute Gasteiger partial charge is 0.351 e. The molecule has 0 bridgehead atoms. The molecule has 0 saturated heterocycles. The highest BCUT2D eigenvalue weighted by atomic mass is 32.2. The molecule has 0 saturated carbocycles. The number of hydrogen-bond acceptors (Lipinski definition) is 3. The third-order valence-corrected chi connectivity index (χ3v) is 3.92. The standard InChI is InChI=1S/C17H16N2OS/c18-10-14-6-8-16(9-7-14)12-21-13-17(20)19-11-15-4-2-1-3-5-15/h1-9H,11-13H2,(H,19,20). The van der Waals surface area contributed by atoms with Crippen LogP contribution in [0.4, 0.5) is 0 Å². The van der Waals surface area contributed by atoms with E-state index in [1.807, 2.05) is 42.5 Å². The maximum absolute atomic E-state index is 11.7. The molecule has 0 heterocycles. The van der Waals surface area contributed by atoms with Gasteiger partial charge in [-0.15, -0.1) is 11.8 Å². The lowest BCUT2D eigenvalue weighted by Crippen LogP contribution is -2.24. The zero-order valence-electron chi connectivity index (χ0n) is 11.6. The van der Waals surface area contributed by atoms with Gasteiger partial charge in [0.2, 0.25) is 5.91 Å². The fourth-order valence-corrected chi connectivity index (χ4v) is 2.60. The van der Waals surface area contributed by atoms with Crippen molar-refractivity contribution in [3.8, 4) is 6.07 Å². The van der Waals surface area contributed by atoms with Crippen LogP contribution in [0.1, 0.15) is 16.7 Å². The number of amides is 1. The van der Waals surface area contributed by atoms with Crippen molar-refractivity contribution in [1.82, 2.24) is 5.32 Å². The first-order valence-electron chi connectivity index (χ1n) is 6.65. The van der Waals surface area contributed by atoms with Gasteiger partial charge in [-0.05, 0) is 23.3 Å². The maximum Gasteiger partial charge on any atom is 0.230 e. The van der Waals surface area contributed by atoms with Crippen LogP contribution in [0.25, 0.3) is 0 Å². The second-order valence-electron chi connectivity index (χ2n) is 4.56. The summed E-state index contributed by atoms with van der Waals surface area (Å²) in [5.41, 5.74) is 2.88. The predicted molar refractivity (Wildman–Crippen MR) is 85.6 cm³/mol. The number of carbonyl (C=O) groups excluding carboxylic acids is 1. The Morgan fingerprint density at radius 3 is 2.43 bits per heavy atom. The van der Waals surface area contributed by atoms with Crippen LogP contribution in [0.5, 0.6) is 0 Å². The molecule has 0 radical (unpaired) electrons. The Kier molecular flexibility index (Phi) is 5.86. The van der Waals surface area contributed by atoms with Gasteiger partial charge in [-0.1, -0.05) is 42.5 Å². The van der Waals surface area contributed by atoms with Crippen molar-refractivity contribution in [3.05, 3.63) is 71.3 Å². The number of carbonyl (C=O) groups is 1. The molecule has 0 unspecified atom stereocenters. The zero-order valence-corrected chi connectivity index (χ0v) is 12.4. The van der Waals surface area contributed by atoms with Crippen LogP contribution < -0.4 is 5.32 Å². The molecule has 0 spiro atoms. The lowest BCUT2D eigenvalue weighted by molar-refractivity contribution is -0.118. The Hall–Kier alpha value is -2.25. The highest BCUT2D eigenvalue weighted by Gasteiger charge is 2.02. The van der Waals surface area contributed by atoms with Gasteiger partial charge in [0, 0.05) is 12.3 Å². The highest BCUT2D eigenvalue weighted by Crippen LogP contribution is 2.12. The van der Waals surface area contributed by atoms with Crippen LogP contribution in [0.3, 0.4) is 0 Å². The van der Waals surface area contributed by atoms with E-state index in [1.54, 1.807) is 23.9 Å². The zero-order chi connectivity index (χ0) is 14.9. The molecule has 2 aromatic rings. The number of rotatable bonds is 6. The van der Waals surface area contributed by atoms with Gasteiger partial charge >= 0.3 is 0 Å². The molecule has 0 atom stereocenters. The van der Waals surface area contributed by atoms with Crippen LogP contribution in [0, 0.1) is 11.3 Å². The summed E-state index contributed by atoms with van der Waals surface area (Å²) in [5.74, 6) is 1.25. The molecule has 0 aliphatic heterocycles. The third kappa shape index (κ3) is 5.33. The molecule has 106 valence electrons. The van der Waals surface area contributed by atoms with Crippen molar-refractivity contribution in [2.45, 2.75) is 12.3 Å². The summed E-state index contributed by atoms with van der Waals surface area (Å²) in [7, 11) is 0. The van der Waals surface area contributed by atoms with Crippen molar-refractivity contribution >= 4 is 17.7 Å². The van der Waals surface area contributed by atoms with Crippen LogP contribution >= 0.6 is 11.8 Å². The first-order chi connectivity index (χ1) is 10.3. The van der Waals surface area contributed by atoms with E-state index in [0.717, 1.165) is 16.9 Å². The molecular weight excluding hydrogens is 280 g/mol. The fraction of sp³-hybridized carbons (Fsp3) is 0.176. The van der Waals surface area contributed by atoms with Gasteiger partial charge in [0.25, 0.3) is 0 Å². The number of nitriles is 1. The Bertz CT molecular complexity index is 617. The number of nitrogens with one attached hydrogen (secondary N) is 1. The normalized spacial score (nSPS) is 9.86. The molecule has 0 aromatic heterocycles. The Labute approximate surface area is 129 Å². The summed E-state index contributed by atoms with van der Waals surface area (Å²) in [6.07, 6.45) is 0. The Balaban J connectivity index is 1.68. The second-order valence-corrected chi connectivity index (χ2v) is 5.55. The minimum Gasteiger partial charge on any atom is -0.351 e. The van der Waals surface area contributed by atoms with E-state index >= 15 is 0 Å². The average molecular weight is 296 g/mol. The molecule has 4 heteroatoms. The molecular formula is C17H16N2OS. The molecule has 1 amide bonds. The van der Waals surface area contributed by atoms with Gasteiger partial charge in [-0.2, -0.15) is 5.26 Å². The highest BCUT2D eigenvalue weighted by molar-refractivity contribution is 7.99. The average Bonchev–Trinajstić information content (AvgIpc) is 2.54. The Morgan fingerprint density at radius 2 is 1.76 bits per heavy atom. The summed E-state index contributed by atoms with van der Waals surface area (Å²) >= 11 is 1.57. The monoisotopic (exact) mass is 296 g/mol. The van der Waals surface area contributed by atoms with Crippen LogP contribution in [0.2, 0.25) is 0 Å². The molecule has 0 fully saturated rings. The van der Waals surface area contributed by atoms with Crippen molar-refractivity contribution in [1.29, 1.82) is 5.26 Å². The number of benzene rings is 2. The number of hydrogen-bond donors (Lipinski definition) is 1. The summed E-state index contributed by atoms with van der Waals surface area (Å²) in [6.45, 7) is 0.567. The van der Waals surface area contributed by atoms with Crippen LogP contribution in [-0.4, -0.2) is 11.7 Å². The lowest BCUT2D eigenvalue weighted by atomic mass is 10.2. The van der Waals surface area contributed by atoms with Crippen LogP contribution in [-0.2, 0) is 17.1 Å². The van der Waals surface area contributed by atoms with Crippen molar-refractivity contribution in [2.75, 3.05) is 5.75 Å². The molecule has 21 heavy (non-hydrogen) atoms. The third-order valence-electron chi connectivity index (χ3n) is 2.92. The number of nitrogens with zero attached hydrogens (tertiary/aromatic N) is 1. The molecule has 2 aromatic carbocycles. The minimum absolute atomic E-state index is 0.0394. The van der Waals surface area contributed by atoms with Gasteiger partial charge in [-0.25, -0.2) is 0 Å². The van der Waals surface area contributed by atoms with Crippen LogP contribution in [0.15, 0.2) is 54.6 Å². The van der Waals surface area contributed by atoms with E-state index < -0.39 is 0 Å². The molecule has 2 rings (SSSR count). The smallest absolute Gasteiger partial charge is 0.230 e. The summed E-state index contributed by atoms with van der Waals surface area (Å²) in [4.78, 5) is 11.7. The lowest BCUT2D eigenvalue weighted by Gasteiger charge is -2.05. The molecule has 0 aliphatic rings. The van der Waals surface area contributed by atoms with Crippen molar-refractivity contribution in [2.24, 2.45) is 0 Å². The van der Waals surface area contributed by atoms with Gasteiger partial charge in [0.1, 0.15) is 0 Å². The van der Waals surface area contributed by atoms with E-state index in [2.05, 4.69) is 11.4 Å². The van der Waals surface area contributed by atoms with E-state index in [4.69, 9.17) is 5.26 Å². The summed E-state index contributed by atoms with van der Waals surface area (Å²) in [6, 6.07) is 19.4. The first-order valence-corrected chi connectivity index (χ1v) is 7.81. The quantitative estimate of drug-likeness (QED) is 0.891. The maximum atomic E-state index is 11.7. The Morgan fingerprint density at radius 1 is 1.05 bits per heavy atom. The van der Waals surface area contributed by atoms with Gasteiger partial charge in [0.05, 0.1) is 17.4 Å². The number of thioether (sulfide) groups is 1. The van der Waals surface area contributed by atoms with Gasteiger partial charge < -0.3 is 5.32 Å². The van der Waals surface area contributed by atoms with Gasteiger partial charge in [-0.3, -0.25) is 4.79 Å². The SMILES string of the molecule is N#Cc1ccc(CSCC(=O)NCc2ccccc2)cc1. The van der Waals surface area contributed by atoms with E-state index in [1.165, 1.54) is 0 Å². The summed E-state index contributed by atoms with van der Waals surface area (Å²) < 4.78 is 0. The fourth-order valence-electron chi connectivity index (χ4n) is 1.78. The minimum atomic E-state index is 0.0394. The predicted octanol–water partition coefficient (Wildman–Crippen LogP) is 3.11. The van der Waals surface area contributed by atoms with Gasteiger partial charge in [0.15, 0.2) is 0 Å².